The summed E-state index contributed by atoms with van der Waals surface area (Å²) in [5.41, 5.74) is 3.55. The molecule has 1 N–H and O–H groups in total. The van der Waals surface area contributed by atoms with Gasteiger partial charge in [0.15, 0.2) is 0 Å². The molecule has 0 radical (unpaired) electrons. The molecule has 4 aromatic rings. The molecule has 0 saturated heterocycles. The van der Waals surface area contributed by atoms with Gasteiger partial charge in [-0.2, -0.15) is 0 Å². The van der Waals surface area contributed by atoms with Gasteiger partial charge in [-0.3, -0.25) is 13.9 Å². The number of carbonyl (C=O) groups is 2. The first-order chi connectivity index (χ1) is 22.1. The zero-order valence-electron chi connectivity index (χ0n) is 27.6. The number of nitrogens with one attached hydrogen (secondary N) is 1. The first-order valence-electron chi connectivity index (χ1n) is 15.3. The summed E-state index contributed by atoms with van der Waals surface area (Å²) in [7, 11) is -4.22. The Morgan fingerprint density at radius 3 is 1.98 bits per heavy atom. The van der Waals surface area contributed by atoms with Gasteiger partial charge in [-0.05, 0) is 83.0 Å². The van der Waals surface area contributed by atoms with E-state index in [4.69, 9.17) is 23.2 Å². The summed E-state index contributed by atoms with van der Waals surface area (Å²) in [4.78, 5) is 30.2. The van der Waals surface area contributed by atoms with Gasteiger partial charge in [-0.1, -0.05) is 95.0 Å². The van der Waals surface area contributed by atoms with E-state index in [2.05, 4.69) is 5.32 Å². The van der Waals surface area contributed by atoms with E-state index in [0.717, 1.165) is 21.0 Å². The zero-order valence-corrected chi connectivity index (χ0v) is 29.9. The molecule has 1 atom stereocenters. The van der Waals surface area contributed by atoms with Crippen LogP contribution in [0.3, 0.4) is 0 Å². The summed E-state index contributed by atoms with van der Waals surface area (Å²) in [5.74, 6) is -0.987. The molecule has 0 bridgehead atoms. The maximum Gasteiger partial charge on any atom is 0.264 e. The van der Waals surface area contributed by atoms with Crippen molar-refractivity contribution in [2.24, 2.45) is 0 Å². The first kappa shape index (κ1) is 36.0. The lowest BCUT2D eigenvalue weighted by atomic mass is 10.0. The first-order valence-corrected chi connectivity index (χ1v) is 17.5. The summed E-state index contributed by atoms with van der Waals surface area (Å²) in [6, 6.07) is 25.2. The Morgan fingerprint density at radius 1 is 0.809 bits per heavy atom. The van der Waals surface area contributed by atoms with Crippen molar-refractivity contribution in [2.75, 3.05) is 10.8 Å². The van der Waals surface area contributed by atoms with E-state index in [1.165, 1.54) is 17.0 Å². The van der Waals surface area contributed by atoms with Gasteiger partial charge in [0.25, 0.3) is 10.0 Å². The highest BCUT2D eigenvalue weighted by molar-refractivity contribution is 7.92. The van der Waals surface area contributed by atoms with Crippen molar-refractivity contribution in [3.63, 3.8) is 0 Å². The second kappa shape index (κ2) is 14.9. The zero-order chi connectivity index (χ0) is 34.5. The molecule has 2 amide bonds. The summed E-state index contributed by atoms with van der Waals surface area (Å²) in [5, 5.41) is 3.67. The normalized spacial score (nSPS) is 12.3. The molecule has 47 heavy (non-hydrogen) atoms. The Kier molecular flexibility index (Phi) is 11.4. The summed E-state index contributed by atoms with van der Waals surface area (Å²) in [6.07, 6.45) is 0.171. The number of sulfonamides is 1. The van der Waals surface area contributed by atoms with E-state index in [-0.39, 0.29) is 17.9 Å². The fourth-order valence-corrected chi connectivity index (χ4v) is 7.29. The molecule has 0 fully saturated rings. The molecule has 0 aromatic heterocycles. The fourth-order valence-electron chi connectivity index (χ4n) is 5.30. The minimum Gasteiger partial charge on any atom is -0.350 e. The van der Waals surface area contributed by atoms with Gasteiger partial charge in [0, 0.05) is 34.1 Å². The molecule has 0 heterocycles. The van der Waals surface area contributed by atoms with Crippen LogP contribution in [0.1, 0.15) is 48.6 Å². The average Bonchev–Trinajstić information content (AvgIpc) is 2.99. The third-order valence-corrected chi connectivity index (χ3v) is 10.2. The topological polar surface area (TPSA) is 86.8 Å². The van der Waals surface area contributed by atoms with Crippen LogP contribution in [-0.4, -0.2) is 43.3 Å². The molecular weight excluding hydrogens is 653 g/mol. The molecule has 4 aromatic carbocycles. The van der Waals surface area contributed by atoms with E-state index in [1.807, 2.05) is 71.0 Å². The van der Waals surface area contributed by atoms with Crippen molar-refractivity contribution in [1.29, 1.82) is 0 Å². The molecule has 0 aliphatic rings. The second-order valence-electron chi connectivity index (χ2n) is 12.8. The third kappa shape index (κ3) is 9.15. The number of anilines is 1. The smallest absolute Gasteiger partial charge is 0.264 e. The number of aryl methyl sites for hydroxylation is 3. The van der Waals surface area contributed by atoms with Crippen LogP contribution in [-0.2, 0) is 32.6 Å². The Hall–Kier alpha value is -3.85. The molecule has 0 aliphatic carbocycles. The highest BCUT2D eigenvalue weighted by Gasteiger charge is 2.36. The molecular formula is C37H41Cl2N3O4S. The van der Waals surface area contributed by atoms with Crippen molar-refractivity contribution in [1.82, 2.24) is 10.2 Å². The standard InChI is InChI=1S/C37H41Cl2N3O4S/c1-25-15-18-29(19-16-25)47(45,46)42(33-20-17-26(2)21-27(33)3)24-35(43)41(23-30-31(38)13-10-14-32(30)39)34(36(44)40-37(4,5)6)22-28-11-8-7-9-12-28/h7-21,34H,22-24H2,1-6H3,(H,40,44)/t34-/m0/s1. The van der Waals surface area contributed by atoms with Gasteiger partial charge < -0.3 is 10.2 Å². The van der Waals surface area contributed by atoms with Crippen LogP contribution in [0.25, 0.3) is 0 Å². The molecule has 0 spiro atoms. The fraction of sp³-hybridized carbons (Fsp3) is 0.297. The van der Waals surface area contributed by atoms with Crippen LogP contribution in [0.5, 0.6) is 0 Å². The van der Waals surface area contributed by atoms with Gasteiger partial charge in [0.05, 0.1) is 10.6 Å². The molecule has 4 rings (SSSR count). The summed E-state index contributed by atoms with van der Waals surface area (Å²) in [6.45, 7) is 10.5. The number of amides is 2. The SMILES string of the molecule is Cc1ccc(S(=O)(=O)N(CC(=O)N(Cc2c(Cl)cccc2Cl)[C@@H](Cc2ccccc2)C(=O)NC(C)(C)C)c2ccc(C)cc2C)cc1. The Morgan fingerprint density at radius 2 is 1.40 bits per heavy atom. The van der Waals surface area contributed by atoms with Crippen molar-refractivity contribution in [3.05, 3.63) is 129 Å². The van der Waals surface area contributed by atoms with Crippen molar-refractivity contribution in [3.8, 4) is 0 Å². The maximum atomic E-state index is 14.7. The van der Waals surface area contributed by atoms with Crippen LogP contribution in [0.2, 0.25) is 10.0 Å². The van der Waals surface area contributed by atoms with Crippen LogP contribution in [0, 0.1) is 20.8 Å². The largest absolute Gasteiger partial charge is 0.350 e. The van der Waals surface area contributed by atoms with E-state index in [0.29, 0.717) is 26.9 Å². The van der Waals surface area contributed by atoms with Crippen LogP contribution in [0.4, 0.5) is 5.69 Å². The Bertz CT molecular complexity index is 1820. The van der Waals surface area contributed by atoms with Crippen molar-refractivity contribution < 1.29 is 18.0 Å². The Balaban J connectivity index is 1.88. The predicted molar refractivity (Wildman–Crippen MR) is 190 cm³/mol. The van der Waals surface area contributed by atoms with E-state index >= 15 is 0 Å². The molecule has 248 valence electrons. The second-order valence-corrected chi connectivity index (χ2v) is 15.5. The lowest BCUT2D eigenvalue weighted by Crippen LogP contribution is -2.56. The number of halogens is 2. The maximum absolute atomic E-state index is 14.7. The van der Waals surface area contributed by atoms with E-state index in [1.54, 1.807) is 49.4 Å². The van der Waals surface area contributed by atoms with Crippen LogP contribution < -0.4 is 9.62 Å². The number of carbonyl (C=O) groups excluding carboxylic acids is 2. The van der Waals surface area contributed by atoms with Gasteiger partial charge >= 0.3 is 0 Å². The summed E-state index contributed by atoms with van der Waals surface area (Å²) < 4.78 is 29.8. The molecule has 10 heteroatoms. The average molecular weight is 695 g/mol. The number of benzene rings is 4. The molecule has 0 saturated carbocycles. The number of hydrogen-bond acceptors (Lipinski definition) is 4. The Labute approximate surface area is 288 Å². The number of rotatable bonds is 11. The third-order valence-electron chi connectivity index (χ3n) is 7.67. The monoisotopic (exact) mass is 693 g/mol. The lowest BCUT2D eigenvalue weighted by molar-refractivity contribution is -0.140. The highest BCUT2D eigenvalue weighted by Crippen LogP contribution is 2.31. The number of nitrogens with zero attached hydrogens (tertiary/aromatic N) is 2. The molecule has 7 nitrogen and oxygen atoms in total. The number of hydrogen-bond donors (Lipinski definition) is 1. The predicted octanol–water partition coefficient (Wildman–Crippen LogP) is 7.67. The van der Waals surface area contributed by atoms with Gasteiger partial charge in [0.2, 0.25) is 11.8 Å². The van der Waals surface area contributed by atoms with Gasteiger partial charge in [-0.15, -0.1) is 0 Å². The van der Waals surface area contributed by atoms with Gasteiger partial charge in [-0.25, -0.2) is 8.42 Å². The van der Waals surface area contributed by atoms with Crippen LogP contribution >= 0.6 is 23.2 Å². The minimum atomic E-state index is -4.22. The molecule has 0 aliphatic heterocycles. The molecule has 0 unspecified atom stereocenters. The van der Waals surface area contributed by atoms with Crippen LogP contribution in [0.15, 0.2) is 95.9 Å². The van der Waals surface area contributed by atoms with E-state index in [9.17, 15) is 18.0 Å². The quantitative estimate of drug-likeness (QED) is 0.175. The van der Waals surface area contributed by atoms with Crippen molar-refractivity contribution in [2.45, 2.75) is 71.0 Å². The highest BCUT2D eigenvalue weighted by atomic mass is 35.5. The van der Waals surface area contributed by atoms with Crippen molar-refractivity contribution >= 4 is 50.7 Å². The van der Waals surface area contributed by atoms with E-state index < -0.39 is 40.0 Å². The minimum absolute atomic E-state index is 0.0443. The summed E-state index contributed by atoms with van der Waals surface area (Å²) >= 11 is 13.2. The van der Waals surface area contributed by atoms with Gasteiger partial charge in [0.1, 0.15) is 12.6 Å². The lowest BCUT2D eigenvalue weighted by Gasteiger charge is -2.36.